The number of benzene rings is 1. The molecule has 0 saturated carbocycles. The van der Waals surface area contributed by atoms with E-state index in [1.165, 1.54) is 6.92 Å². The number of carbonyl (C=O) groups is 3. The second-order valence-electron chi connectivity index (χ2n) is 7.93. The molecule has 2 heterocycles. The first-order valence-electron chi connectivity index (χ1n) is 10.1. The molecule has 1 aromatic carbocycles. The number of anilines is 1. The van der Waals surface area contributed by atoms with Crippen molar-refractivity contribution in [1.29, 1.82) is 0 Å². The predicted octanol–water partition coefficient (Wildman–Crippen LogP) is 4.13. The van der Waals surface area contributed by atoms with E-state index < -0.39 is 12.6 Å². The minimum atomic E-state index is -0.596. The molecule has 0 saturated heterocycles. The van der Waals surface area contributed by atoms with Crippen LogP contribution in [-0.4, -0.2) is 39.0 Å². The van der Waals surface area contributed by atoms with Crippen molar-refractivity contribution in [1.82, 2.24) is 14.8 Å². The maximum atomic E-state index is 12.8. The van der Waals surface area contributed by atoms with E-state index in [1.54, 1.807) is 41.2 Å². The lowest BCUT2D eigenvalue weighted by molar-refractivity contribution is -0.114. The molecule has 2 aromatic heterocycles. The lowest BCUT2D eigenvalue weighted by atomic mass is 10.1. The largest absolute Gasteiger partial charge is 0.454 e. The van der Waals surface area contributed by atoms with Gasteiger partial charge in [0.2, 0.25) is 5.91 Å². The fourth-order valence-corrected chi connectivity index (χ4v) is 3.11. The van der Waals surface area contributed by atoms with Crippen LogP contribution >= 0.6 is 0 Å². The van der Waals surface area contributed by atoms with Gasteiger partial charge in [0.25, 0.3) is 0 Å². The Balaban J connectivity index is 1.80. The van der Waals surface area contributed by atoms with E-state index in [9.17, 15) is 14.4 Å². The number of pyridine rings is 1. The van der Waals surface area contributed by atoms with Gasteiger partial charge >= 0.3 is 5.97 Å². The van der Waals surface area contributed by atoms with Crippen LogP contribution in [0.5, 0.6) is 0 Å². The summed E-state index contributed by atoms with van der Waals surface area (Å²) in [6.45, 7) is 8.98. The van der Waals surface area contributed by atoms with Crippen molar-refractivity contribution >= 4 is 34.4 Å². The highest BCUT2D eigenvalue weighted by atomic mass is 16.5. The van der Waals surface area contributed by atoms with E-state index in [1.807, 2.05) is 27.7 Å². The molecule has 0 radical (unpaired) electrons. The van der Waals surface area contributed by atoms with E-state index in [4.69, 9.17) is 4.74 Å². The van der Waals surface area contributed by atoms with Gasteiger partial charge in [0, 0.05) is 29.9 Å². The summed E-state index contributed by atoms with van der Waals surface area (Å²) in [6.07, 6.45) is 1.60. The topological polar surface area (TPSA) is 103 Å². The summed E-state index contributed by atoms with van der Waals surface area (Å²) >= 11 is 0. The quantitative estimate of drug-likeness (QED) is 0.453. The molecule has 1 N–H and O–H groups in total. The summed E-state index contributed by atoms with van der Waals surface area (Å²) in [7, 11) is 0. The molecular formula is C23H26N4O4. The zero-order valence-corrected chi connectivity index (χ0v) is 18.3. The number of nitrogens with one attached hydrogen (secondary N) is 1. The number of nitrogens with zero attached hydrogens (tertiary/aromatic N) is 3. The van der Waals surface area contributed by atoms with Gasteiger partial charge in [0.15, 0.2) is 18.0 Å². The number of carbonyl (C=O) groups excluding carboxylic acids is 3. The van der Waals surface area contributed by atoms with Crippen molar-refractivity contribution in [3.05, 3.63) is 53.3 Å². The second-order valence-corrected chi connectivity index (χ2v) is 7.93. The Labute approximate surface area is 180 Å². The van der Waals surface area contributed by atoms with Gasteiger partial charge in [0.1, 0.15) is 0 Å². The summed E-state index contributed by atoms with van der Waals surface area (Å²) in [5.74, 6) is -1.02. The number of hydrogen-bond acceptors (Lipinski definition) is 6. The number of ketones is 1. The third-order valence-corrected chi connectivity index (χ3v) is 4.75. The summed E-state index contributed by atoms with van der Waals surface area (Å²) in [4.78, 5) is 41.1. The molecule has 31 heavy (non-hydrogen) atoms. The van der Waals surface area contributed by atoms with Crippen molar-refractivity contribution in [2.24, 2.45) is 0 Å². The molecule has 0 fully saturated rings. The van der Waals surface area contributed by atoms with Crippen LogP contribution in [0.3, 0.4) is 0 Å². The molecule has 1 amide bonds. The van der Waals surface area contributed by atoms with Crippen LogP contribution in [0.4, 0.5) is 5.69 Å². The van der Waals surface area contributed by atoms with Crippen molar-refractivity contribution in [3.63, 3.8) is 0 Å². The van der Waals surface area contributed by atoms with Gasteiger partial charge in [-0.3, -0.25) is 9.59 Å². The molecule has 0 aliphatic carbocycles. The highest BCUT2D eigenvalue weighted by Crippen LogP contribution is 2.25. The van der Waals surface area contributed by atoms with Crippen LogP contribution in [0.15, 0.2) is 36.5 Å². The zero-order valence-electron chi connectivity index (χ0n) is 18.3. The van der Waals surface area contributed by atoms with Gasteiger partial charge in [0.05, 0.1) is 17.1 Å². The minimum Gasteiger partial charge on any atom is -0.454 e. The first-order valence-corrected chi connectivity index (χ1v) is 10.1. The molecule has 0 bridgehead atoms. The first kappa shape index (κ1) is 22.1. The van der Waals surface area contributed by atoms with Gasteiger partial charge < -0.3 is 10.1 Å². The van der Waals surface area contributed by atoms with E-state index >= 15 is 0 Å². The highest BCUT2D eigenvalue weighted by Gasteiger charge is 2.21. The van der Waals surface area contributed by atoms with E-state index in [0.717, 1.165) is 5.69 Å². The van der Waals surface area contributed by atoms with E-state index in [-0.39, 0.29) is 23.7 Å². The lowest BCUT2D eigenvalue weighted by Crippen LogP contribution is -2.15. The molecular weight excluding hydrogens is 396 g/mol. The number of aromatic nitrogens is 3. The Morgan fingerprint density at radius 3 is 2.35 bits per heavy atom. The Morgan fingerprint density at radius 2 is 1.77 bits per heavy atom. The van der Waals surface area contributed by atoms with Gasteiger partial charge in [-0.15, -0.1) is 0 Å². The van der Waals surface area contributed by atoms with Crippen LogP contribution in [0.1, 0.15) is 73.0 Å². The molecule has 0 aliphatic rings. The number of ether oxygens (including phenoxy) is 1. The molecule has 8 nitrogen and oxygen atoms in total. The van der Waals surface area contributed by atoms with Crippen LogP contribution in [-0.2, 0) is 9.53 Å². The third-order valence-electron chi connectivity index (χ3n) is 4.75. The number of esters is 1. The van der Waals surface area contributed by atoms with E-state index in [2.05, 4.69) is 15.4 Å². The van der Waals surface area contributed by atoms with E-state index in [0.29, 0.717) is 27.8 Å². The molecule has 0 atom stereocenters. The normalized spacial score (nSPS) is 11.2. The summed E-state index contributed by atoms with van der Waals surface area (Å²) in [5, 5.41) is 7.59. The highest BCUT2D eigenvalue weighted by molar-refractivity contribution is 6.04. The molecule has 0 spiro atoms. The van der Waals surface area contributed by atoms with Crippen LogP contribution < -0.4 is 5.32 Å². The number of Topliss-reactive ketones (excluding diaryl/α,β-unsaturated/α-hetero) is 1. The minimum absolute atomic E-state index is 0.0818. The number of amides is 1. The molecule has 3 rings (SSSR count). The molecule has 8 heteroatoms. The van der Waals surface area contributed by atoms with Crippen LogP contribution in [0.25, 0.3) is 11.0 Å². The Morgan fingerprint density at radius 1 is 1.10 bits per heavy atom. The summed E-state index contributed by atoms with van der Waals surface area (Å²) in [5.41, 5.74) is 2.69. The third kappa shape index (κ3) is 4.96. The van der Waals surface area contributed by atoms with Gasteiger partial charge in [-0.1, -0.05) is 13.8 Å². The molecule has 0 aliphatic heterocycles. The Hall–Kier alpha value is -3.55. The molecule has 3 aromatic rings. The standard InChI is InChI=1S/C23H26N4O4/c1-13(2)20-10-18(19-11-24-27(14(3)4)22(19)26-20)23(30)31-12-21(29)16-6-8-17(9-7-16)25-15(5)28/h6-11,13-14H,12H2,1-5H3,(H,25,28). The van der Waals surface area contributed by atoms with Crippen LogP contribution in [0, 0.1) is 0 Å². The zero-order chi connectivity index (χ0) is 22.7. The maximum absolute atomic E-state index is 12.8. The monoisotopic (exact) mass is 422 g/mol. The number of fused-ring (bicyclic) bond motifs is 1. The fraction of sp³-hybridized carbons (Fsp3) is 0.348. The van der Waals surface area contributed by atoms with Gasteiger partial charge in [-0.2, -0.15) is 5.10 Å². The van der Waals surface area contributed by atoms with Crippen LogP contribution in [0.2, 0.25) is 0 Å². The van der Waals surface area contributed by atoms with Crippen molar-refractivity contribution in [3.8, 4) is 0 Å². The molecule has 0 unspecified atom stereocenters. The average molecular weight is 422 g/mol. The smallest absolute Gasteiger partial charge is 0.339 e. The van der Waals surface area contributed by atoms with Gasteiger partial charge in [-0.05, 0) is 50.1 Å². The number of rotatable bonds is 7. The second kappa shape index (κ2) is 9.07. The predicted molar refractivity (Wildman–Crippen MR) is 117 cm³/mol. The van der Waals surface area contributed by atoms with Crippen molar-refractivity contribution < 1.29 is 19.1 Å². The van der Waals surface area contributed by atoms with Gasteiger partial charge in [-0.25, -0.2) is 14.5 Å². The van der Waals surface area contributed by atoms with Crippen molar-refractivity contribution in [2.75, 3.05) is 11.9 Å². The summed E-state index contributed by atoms with van der Waals surface area (Å²) in [6, 6.07) is 8.19. The Bertz CT molecular complexity index is 1130. The maximum Gasteiger partial charge on any atom is 0.339 e. The SMILES string of the molecule is CC(=O)Nc1ccc(C(=O)COC(=O)c2cc(C(C)C)nc3c2cnn3C(C)C)cc1. The average Bonchev–Trinajstić information content (AvgIpc) is 3.15. The Kier molecular flexibility index (Phi) is 6.48. The lowest BCUT2D eigenvalue weighted by Gasteiger charge is -2.12. The summed E-state index contributed by atoms with van der Waals surface area (Å²) < 4.78 is 7.09. The van der Waals surface area contributed by atoms with Crippen molar-refractivity contribution in [2.45, 2.75) is 46.6 Å². The first-order chi connectivity index (χ1) is 14.7. The fourth-order valence-electron chi connectivity index (χ4n) is 3.11. The number of hydrogen-bond donors (Lipinski definition) is 1. The molecule has 162 valence electrons.